The Morgan fingerprint density at radius 3 is 2.19 bits per heavy atom. The third-order valence-corrected chi connectivity index (χ3v) is 4.48. The molecule has 1 heterocycles. The van der Waals surface area contributed by atoms with Crippen molar-refractivity contribution in [3.63, 3.8) is 0 Å². The first-order valence-corrected chi connectivity index (χ1v) is 8.41. The maximum atomic E-state index is 12.6. The van der Waals surface area contributed by atoms with Crippen molar-refractivity contribution < 1.29 is 13.2 Å². The van der Waals surface area contributed by atoms with Gasteiger partial charge in [-0.1, -0.05) is 31.9 Å². The third kappa shape index (κ3) is 5.54. The maximum Gasteiger partial charge on any atom is 0.389 e. The minimum Gasteiger partial charge on any atom is -0.314 e. The SMILES string of the molecule is FC(F)(F)CC[C@H](c1cc(Br)cc(Br)c1)N1CCNCC1. The summed E-state index contributed by atoms with van der Waals surface area (Å²) in [5, 5.41) is 3.23. The molecule has 0 saturated carbocycles. The molecule has 0 radical (unpaired) electrons. The van der Waals surface area contributed by atoms with Crippen LogP contribution in [0.2, 0.25) is 0 Å². The van der Waals surface area contributed by atoms with E-state index in [9.17, 15) is 13.2 Å². The van der Waals surface area contributed by atoms with Crippen LogP contribution in [0.5, 0.6) is 0 Å². The number of piperazine rings is 1. The van der Waals surface area contributed by atoms with Crippen LogP contribution in [0, 0.1) is 0 Å². The topological polar surface area (TPSA) is 15.3 Å². The summed E-state index contributed by atoms with van der Waals surface area (Å²) in [5.74, 6) is 0. The summed E-state index contributed by atoms with van der Waals surface area (Å²) >= 11 is 6.83. The monoisotopic (exact) mass is 428 g/mol. The van der Waals surface area contributed by atoms with Crippen molar-refractivity contribution >= 4 is 31.9 Å². The van der Waals surface area contributed by atoms with Crippen molar-refractivity contribution in [2.45, 2.75) is 25.1 Å². The average molecular weight is 430 g/mol. The average Bonchev–Trinajstić information content (AvgIpc) is 2.37. The Balaban J connectivity index is 2.21. The summed E-state index contributed by atoms with van der Waals surface area (Å²) in [5.41, 5.74) is 0.919. The summed E-state index contributed by atoms with van der Waals surface area (Å²) in [6, 6.07) is 5.51. The van der Waals surface area contributed by atoms with Gasteiger partial charge in [0.2, 0.25) is 0 Å². The Morgan fingerprint density at radius 2 is 1.67 bits per heavy atom. The van der Waals surface area contributed by atoms with Gasteiger partial charge >= 0.3 is 6.18 Å². The summed E-state index contributed by atoms with van der Waals surface area (Å²) in [4.78, 5) is 2.14. The fraction of sp³-hybridized carbons (Fsp3) is 0.571. The number of benzene rings is 1. The van der Waals surface area contributed by atoms with Crippen LogP contribution in [0.1, 0.15) is 24.4 Å². The highest BCUT2D eigenvalue weighted by molar-refractivity contribution is 9.11. The second-order valence-electron chi connectivity index (χ2n) is 5.16. The van der Waals surface area contributed by atoms with Crippen LogP contribution < -0.4 is 5.32 Å². The molecule has 1 aromatic carbocycles. The Kier molecular flexibility index (Phi) is 6.11. The highest BCUT2D eigenvalue weighted by atomic mass is 79.9. The maximum absolute atomic E-state index is 12.6. The molecule has 0 aliphatic carbocycles. The first kappa shape index (κ1) is 17.2. The Labute approximate surface area is 139 Å². The predicted molar refractivity (Wildman–Crippen MR) is 84.3 cm³/mol. The second kappa shape index (κ2) is 7.44. The Morgan fingerprint density at radius 1 is 1.10 bits per heavy atom. The Bertz CT molecular complexity index is 454. The predicted octanol–water partition coefficient (Wildman–Crippen LogP) is 4.50. The van der Waals surface area contributed by atoms with Crippen LogP contribution in [-0.2, 0) is 0 Å². The van der Waals surface area contributed by atoms with Crippen molar-refractivity contribution in [1.29, 1.82) is 0 Å². The molecule has 118 valence electrons. The van der Waals surface area contributed by atoms with Crippen LogP contribution in [-0.4, -0.2) is 37.3 Å². The molecule has 1 atom stereocenters. The van der Waals surface area contributed by atoms with Gasteiger partial charge in [0.25, 0.3) is 0 Å². The largest absolute Gasteiger partial charge is 0.389 e. The molecule has 1 aliphatic rings. The molecule has 21 heavy (non-hydrogen) atoms. The van der Waals surface area contributed by atoms with Gasteiger partial charge in [0.05, 0.1) is 0 Å². The minimum absolute atomic E-state index is 0.0897. The molecule has 1 aliphatic heterocycles. The molecule has 2 rings (SSSR count). The van der Waals surface area contributed by atoms with E-state index in [2.05, 4.69) is 42.1 Å². The fourth-order valence-electron chi connectivity index (χ4n) is 2.62. The van der Waals surface area contributed by atoms with Gasteiger partial charge in [-0.05, 0) is 30.2 Å². The normalized spacial score (nSPS) is 18.7. The quantitative estimate of drug-likeness (QED) is 0.757. The number of alkyl halides is 3. The lowest BCUT2D eigenvalue weighted by Crippen LogP contribution is -2.45. The number of rotatable bonds is 4. The lowest BCUT2D eigenvalue weighted by Gasteiger charge is -2.35. The smallest absolute Gasteiger partial charge is 0.314 e. The van der Waals surface area contributed by atoms with E-state index in [1.165, 1.54) is 0 Å². The van der Waals surface area contributed by atoms with Crippen LogP contribution in [0.25, 0.3) is 0 Å². The number of halogens is 5. The molecule has 1 saturated heterocycles. The van der Waals surface area contributed by atoms with Gasteiger partial charge < -0.3 is 5.32 Å². The highest BCUT2D eigenvalue weighted by Gasteiger charge is 2.31. The molecule has 7 heteroatoms. The van der Waals surface area contributed by atoms with Crippen LogP contribution in [0.3, 0.4) is 0 Å². The second-order valence-corrected chi connectivity index (χ2v) is 6.99. The number of hydrogen-bond acceptors (Lipinski definition) is 2. The van der Waals surface area contributed by atoms with Crippen LogP contribution in [0.15, 0.2) is 27.1 Å². The molecule has 0 amide bonds. The number of nitrogens with zero attached hydrogens (tertiary/aromatic N) is 1. The van der Waals surface area contributed by atoms with Gasteiger partial charge in [-0.2, -0.15) is 13.2 Å². The summed E-state index contributed by atoms with van der Waals surface area (Å²) in [7, 11) is 0. The van der Waals surface area contributed by atoms with Gasteiger partial charge in [0.15, 0.2) is 0 Å². The van der Waals surface area contributed by atoms with Crippen LogP contribution in [0.4, 0.5) is 13.2 Å². The van der Waals surface area contributed by atoms with E-state index in [4.69, 9.17) is 0 Å². The molecule has 0 spiro atoms. The zero-order valence-electron chi connectivity index (χ0n) is 11.4. The van der Waals surface area contributed by atoms with Crippen molar-refractivity contribution in [1.82, 2.24) is 10.2 Å². The molecule has 2 nitrogen and oxygen atoms in total. The van der Waals surface area contributed by atoms with Crippen LogP contribution >= 0.6 is 31.9 Å². The standard InChI is InChI=1S/C14H17Br2F3N2/c15-11-7-10(8-12(16)9-11)13(1-2-14(17,18)19)21-5-3-20-4-6-21/h7-9,13,20H,1-6H2/t13-/m1/s1. The summed E-state index contributed by atoms with van der Waals surface area (Å²) in [6.45, 7) is 3.18. The van der Waals surface area contributed by atoms with E-state index < -0.39 is 12.6 Å². The van der Waals surface area contributed by atoms with Gasteiger partial charge in [-0.15, -0.1) is 0 Å². The van der Waals surface area contributed by atoms with Gasteiger partial charge in [-0.3, -0.25) is 4.90 Å². The first-order chi connectivity index (χ1) is 9.85. The molecule has 0 aromatic heterocycles. The van der Waals surface area contributed by atoms with E-state index in [0.717, 1.165) is 40.7 Å². The number of nitrogens with one attached hydrogen (secondary N) is 1. The fourth-order valence-corrected chi connectivity index (χ4v) is 3.95. The summed E-state index contributed by atoms with van der Waals surface area (Å²) < 4.78 is 39.6. The lowest BCUT2D eigenvalue weighted by molar-refractivity contribution is -0.138. The highest BCUT2D eigenvalue weighted by Crippen LogP contribution is 2.34. The Hall–Kier alpha value is -0.110. The molecule has 1 N–H and O–H groups in total. The van der Waals surface area contributed by atoms with E-state index in [0.29, 0.717) is 0 Å². The van der Waals surface area contributed by atoms with Gasteiger partial charge in [-0.25, -0.2) is 0 Å². The van der Waals surface area contributed by atoms with E-state index >= 15 is 0 Å². The van der Waals surface area contributed by atoms with Gasteiger partial charge in [0, 0.05) is 47.6 Å². The van der Waals surface area contributed by atoms with E-state index in [1.54, 1.807) is 0 Å². The minimum atomic E-state index is -4.12. The molecule has 0 bridgehead atoms. The van der Waals surface area contributed by atoms with Crippen molar-refractivity contribution in [2.24, 2.45) is 0 Å². The lowest BCUT2D eigenvalue weighted by atomic mass is 9.99. The molecular weight excluding hydrogens is 413 g/mol. The first-order valence-electron chi connectivity index (χ1n) is 6.83. The number of hydrogen-bond donors (Lipinski definition) is 1. The summed E-state index contributed by atoms with van der Waals surface area (Å²) in [6.07, 6.45) is -4.78. The van der Waals surface area contributed by atoms with E-state index in [1.807, 2.05) is 18.2 Å². The third-order valence-electron chi connectivity index (χ3n) is 3.56. The van der Waals surface area contributed by atoms with E-state index in [-0.39, 0.29) is 12.5 Å². The molecular formula is C14H17Br2F3N2. The molecule has 1 aromatic rings. The molecule has 0 unspecified atom stereocenters. The van der Waals surface area contributed by atoms with Crippen molar-refractivity contribution in [3.05, 3.63) is 32.7 Å². The zero-order chi connectivity index (χ0) is 15.5. The van der Waals surface area contributed by atoms with Crippen molar-refractivity contribution in [3.8, 4) is 0 Å². The zero-order valence-corrected chi connectivity index (χ0v) is 14.6. The van der Waals surface area contributed by atoms with Gasteiger partial charge in [0.1, 0.15) is 0 Å². The molecule has 1 fully saturated rings. The van der Waals surface area contributed by atoms with Crippen molar-refractivity contribution in [2.75, 3.05) is 26.2 Å².